The van der Waals surface area contributed by atoms with Crippen LogP contribution in [-0.2, 0) is 6.54 Å². The molecule has 2 fully saturated rings. The molecule has 1 saturated heterocycles. The predicted octanol–water partition coefficient (Wildman–Crippen LogP) is 2.27. The zero-order valence-electron chi connectivity index (χ0n) is 12.0. The fraction of sp³-hybridized carbons (Fsp3) is 0.733. The van der Waals surface area contributed by atoms with Crippen LogP contribution < -0.4 is 10.2 Å². The number of piperidine rings is 1. The monoisotopic (exact) mass is 260 g/mol. The number of anilines is 1. The van der Waals surface area contributed by atoms with Gasteiger partial charge < -0.3 is 10.2 Å². The van der Waals surface area contributed by atoms with Crippen molar-refractivity contribution in [1.82, 2.24) is 15.3 Å². The Hall–Kier alpha value is -1.16. The number of nitrogens with zero attached hydrogens (tertiary/aromatic N) is 3. The van der Waals surface area contributed by atoms with Gasteiger partial charge in [0, 0.05) is 36.6 Å². The molecule has 0 radical (unpaired) electrons. The molecular formula is C15H24N4. The van der Waals surface area contributed by atoms with Crippen LogP contribution >= 0.6 is 0 Å². The smallest absolute Gasteiger partial charge is 0.225 e. The highest BCUT2D eigenvalue weighted by atomic mass is 15.3. The Morgan fingerprint density at radius 2 is 2.16 bits per heavy atom. The quantitative estimate of drug-likeness (QED) is 0.905. The summed E-state index contributed by atoms with van der Waals surface area (Å²) in [6, 6.07) is 0.698. The van der Waals surface area contributed by atoms with Crippen LogP contribution in [0, 0.1) is 12.8 Å². The van der Waals surface area contributed by atoms with Gasteiger partial charge in [-0.25, -0.2) is 9.97 Å². The maximum Gasteiger partial charge on any atom is 0.225 e. The minimum absolute atomic E-state index is 0.698. The number of hydrogen-bond acceptors (Lipinski definition) is 4. The van der Waals surface area contributed by atoms with Gasteiger partial charge in [0.05, 0.1) is 0 Å². The summed E-state index contributed by atoms with van der Waals surface area (Å²) in [4.78, 5) is 11.8. The lowest BCUT2D eigenvalue weighted by Crippen LogP contribution is -2.43. The number of rotatable bonds is 3. The van der Waals surface area contributed by atoms with Crippen molar-refractivity contribution < 1.29 is 0 Å². The summed E-state index contributed by atoms with van der Waals surface area (Å²) >= 11 is 0. The van der Waals surface area contributed by atoms with Crippen molar-refractivity contribution in [1.29, 1.82) is 0 Å². The highest BCUT2D eigenvalue weighted by molar-refractivity contribution is 5.36. The van der Waals surface area contributed by atoms with Crippen LogP contribution in [0.3, 0.4) is 0 Å². The molecule has 2 heterocycles. The second-order valence-corrected chi connectivity index (χ2v) is 5.90. The van der Waals surface area contributed by atoms with E-state index in [1.807, 2.05) is 13.2 Å². The SMILES string of the molecule is CNCc1cnc(N2CCCC3CCCC32)nc1C. The van der Waals surface area contributed by atoms with Crippen LogP contribution in [-0.4, -0.2) is 29.6 Å². The molecule has 4 nitrogen and oxygen atoms in total. The Bertz CT molecular complexity index is 446. The summed E-state index contributed by atoms with van der Waals surface area (Å²) in [6.07, 6.45) is 8.79. The molecule has 3 rings (SSSR count). The van der Waals surface area contributed by atoms with Crippen LogP contribution in [0.4, 0.5) is 5.95 Å². The molecule has 0 spiro atoms. The molecule has 1 N–H and O–H groups in total. The van der Waals surface area contributed by atoms with E-state index < -0.39 is 0 Å². The Morgan fingerprint density at radius 3 is 2.95 bits per heavy atom. The first-order valence-electron chi connectivity index (χ1n) is 7.53. The zero-order chi connectivity index (χ0) is 13.2. The highest BCUT2D eigenvalue weighted by Gasteiger charge is 2.36. The maximum atomic E-state index is 4.75. The van der Waals surface area contributed by atoms with Gasteiger partial charge in [-0.3, -0.25) is 0 Å². The lowest BCUT2D eigenvalue weighted by Gasteiger charge is -2.37. The highest BCUT2D eigenvalue weighted by Crippen LogP contribution is 2.38. The largest absolute Gasteiger partial charge is 0.338 e. The van der Waals surface area contributed by atoms with E-state index >= 15 is 0 Å². The van der Waals surface area contributed by atoms with Gasteiger partial charge in [-0.05, 0) is 45.6 Å². The Morgan fingerprint density at radius 1 is 1.32 bits per heavy atom. The summed E-state index contributed by atoms with van der Waals surface area (Å²) in [5.41, 5.74) is 2.31. The van der Waals surface area contributed by atoms with Crippen LogP contribution in [0.5, 0.6) is 0 Å². The molecule has 19 heavy (non-hydrogen) atoms. The van der Waals surface area contributed by atoms with Gasteiger partial charge in [-0.15, -0.1) is 0 Å². The third-order valence-corrected chi connectivity index (χ3v) is 4.69. The molecule has 2 atom stereocenters. The Labute approximate surface area is 115 Å². The van der Waals surface area contributed by atoms with E-state index in [-0.39, 0.29) is 0 Å². The zero-order valence-corrected chi connectivity index (χ0v) is 12.0. The van der Waals surface area contributed by atoms with Crippen LogP contribution in [0.2, 0.25) is 0 Å². The molecule has 4 heteroatoms. The Kier molecular flexibility index (Phi) is 3.69. The van der Waals surface area contributed by atoms with Gasteiger partial charge in [0.25, 0.3) is 0 Å². The van der Waals surface area contributed by atoms with Crippen LogP contribution in [0.15, 0.2) is 6.20 Å². The fourth-order valence-corrected chi connectivity index (χ4v) is 3.68. The van der Waals surface area contributed by atoms with E-state index in [1.54, 1.807) is 0 Å². The molecule has 1 aliphatic heterocycles. The van der Waals surface area contributed by atoms with Gasteiger partial charge in [0.1, 0.15) is 0 Å². The molecule has 1 saturated carbocycles. The number of fused-ring (bicyclic) bond motifs is 1. The molecule has 1 aromatic rings. The summed E-state index contributed by atoms with van der Waals surface area (Å²) in [5.74, 6) is 1.84. The third-order valence-electron chi connectivity index (χ3n) is 4.69. The van der Waals surface area contributed by atoms with Gasteiger partial charge >= 0.3 is 0 Å². The average Bonchev–Trinajstić information content (AvgIpc) is 2.89. The first-order chi connectivity index (χ1) is 9.29. The van der Waals surface area contributed by atoms with E-state index in [2.05, 4.69) is 22.1 Å². The van der Waals surface area contributed by atoms with Crippen LogP contribution in [0.25, 0.3) is 0 Å². The summed E-state index contributed by atoms with van der Waals surface area (Å²) in [5, 5.41) is 3.17. The molecule has 0 bridgehead atoms. The van der Waals surface area contributed by atoms with Crippen molar-refractivity contribution >= 4 is 5.95 Å². The number of aromatic nitrogens is 2. The molecule has 0 aromatic carbocycles. The minimum Gasteiger partial charge on any atom is -0.338 e. The van der Waals surface area contributed by atoms with Crippen molar-refractivity contribution in [2.24, 2.45) is 5.92 Å². The normalized spacial score (nSPS) is 26.5. The molecular weight excluding hydrogens is 236 g/mol. The van der Waals surface area contributed by atoms with Crippen molar-refractivity contribution in [3.8, 4) is 0 Å². The van der Waals surface area contributed by atoms with Gasteiger partial charge in [0.15, 0.2) is 0 Å². The standard InChI is InChI=1S/C15H24N4/c1-11-13(9-16-2)10-17-15(18-11)19-8-4-6-12-5-3-7-14(12)19/h10,12,14,16H,3-9H2,1-2H3. The first-order valence-corrected chi connectivity index (χ1v) is 7.53. The van der Waals surface area contributed by atoms with E-state index in [0.29, 0.717) is 6.04 Å². The third kappa shape index (κ3) is 2.46. The van der Waals surface area contributed by atoms with Crippen molar-refractivity contribution in [3.63, 3.8) is 0 Å². The van der Waals surface area contributed by atoms with Crippen molar-refractivity contribution in [2.75, 3.05) is 18.5 Å². The second-order valence-electron chi connectivity index (χ2n) is 5.90. The molecule has 2 unspecified atom stereocenters. The summed E-state index contributed by atoms with van der Waals surface area (Å²) in [6.45, 7) is 4.07. The summed E-state index contributed by atoms with van der Waals surface area (Å²) < 4.78 is 0. The summed E-state index contributed by atoms with van der Waals surface area (Å²) in [7, 11) is 1.96. The van der Waals surface area contributed by atoms with E-state index in [9.17, 15) is 0 Å². The second kappa shape index (κ2) is 5.45. The molecule has 1 aliphatic carbocycles. The Balaban J connectivity index is 1.83. The number of nitrogens with one attached hydrogen (secondary N) is 1. The van der Waals surface area contributed by atoms with Gasteiger partial charge in [0.2, 0.25) is 5.95 Å². The molecule has 2 aliphatic rings. The number of hydrogen-bond donors (Lipinski definition) is 1. The predicted molar refractivity (Wildman–Crippen MR) is 77.2 cm³/mol. The van der Waals surface area contributed by atoms with E-state index in [1.165, 1.54) is 37.7 Å². The fourth-order valence-electron chi connectivity index (χ4n) is 3.68. The van der Waals surface area contributed by atoms with Crippen LogP contribution in [0.1, 0.15) is 43.4 Å². The van der Waals surface area contributed by atoms with Gasteiger partial charge in [-0.2, -0.15) is 0 Å². The molecule has 0 amide bonds. The van der Waals surface area contributed by atoms with Gasteiger partial charge in [-0.1, -0.05) is 6.42 Å². The average molecular weight is 260 g/mol. The minimum atomic E-state index is 0.698. The molecule has 104 valence electrons. The maximum absolute atomic E-state index is 4.75. The lowest BCUT2D eigenvalue weighted by molar-refractivity contribution is 0.358. The molecule has 1 aromatic heterocycles. The van der Waals surface area contributed by atoms with E-state index in [4.69, 9.17) is 4.98 Å². The van der Waals surface area contributed by atoms with Crippen molar-refractivity contribution in [2.45, 2.75) is 51.6 Å². The number of aryl methyl sites for hydroxylation is 1. The first kappa shape index (κ1) is 12.9. The van der Waals surface area contributed by atoms with Crippen molar-refractivity contribution in [3.05, 3.63) is 17.5 Å². The topological polar surface area (TPSA) is 41.1 Å². The lowest BCUT2D eigenvalue weighted by atomic mass is 9.92. The van der Waals surface area contributed by atoms with E-state index in [0.717, 1.165) is 30.6 Å².